The van der Waals surface area contributed by atoms with Gasteiger partial charge in [0, 0.05) is 19.0 Å². The van der Waals surface area contributed by atoms with Gasteiger partial charge in [-0.15, -0.1) is 11.3 Å². The van der Waals surface area contributed by atoms with Gasteiger partial charge in [-0.1, -0.05) is 18.2 Å². The number of benzene rings is 1. The van der Waals surface area contributed by atoms with Gasteiger partial charge >= 0.3 is 0 Å². The van der Waals surface area contributed by atoms with Gasteiger partial charge in [-0.05, 0) is 54.3 Å². The number of rotatable bonds is 6. The lowest BCUT2D eigenvalue weighted by molar-refractivity contribution is -0.133. The summed E-state index contributed by atoms with van der Waals surface area (Å²) in [5.74, 6) is 1.48. The number of thiophene rings is 1. The minimum absolute atomic E-state index is 0.0219. The molecule has 1 saturated heterocycles. The average Bonchev–Trinajstić information content (AvgIpc) is 3.43. The Labute approximate surface area is 163 Å². The lowest BCUT2D eigenvalue weighted by atomic mass is 10.0. The predicted octanol–water partition coefficient (Wildman–Crippen LogP) is 3.11. The normalized spacial score (nSPS) is 23.4. The van der Waals surface area contributed by atoms with Crippen LogP contribution in [-0.2, 0) is 11.2 Å². The third-order valence-corrected chi connectivity index (χ3v) is 6.49. The lowest BCUT2D eigenvalue weighted by Gasteiger charge is -2.33. The van der Waals surface area contributed by atoms with Crippen molar-refractivity contribution in [2.24, 2.45) is 5.92 Å². The van der Waals surface area contributed by atoms with Gasteiger partial charge in [-0.2, -0.15) is 0 Å². The number of methoxy groups -OCH3 is 1. The molecular weight excluding hydrogens is 360 g/mol. The van der Waals surface area contributed by atoms with E-state index in [4.69, 9.17) is 4.74 Å². The van der Waals surface area contributed by atoms with Crippen LogP contribution in [0.15, 0.2) is 41.8 Å². The molecule has 2 heterocycles. The smallest absolute Gasteiger partial charge is 0.261 e. The number of ether oxygens (including phenoxy) is 1. The minimum atomic E-state index is -0.0219. The van der Waals surface area contributed by atoms with Crippen LogP contribution in [0.25, 0.3) is 0 Å². The number of hydrogen-bond donors (Lipinski definition) is 1. The Kier molecular flexibility index (Phi) is 5.16. The van der Waals surface area contributed by atoms with Crippen LogP contribution in [0.3, 0.4) is 0 Å². The summed E-state index contributed by atoms with van der Waals surface area (Å²) in [5.41, 5.74) is 1.11. The summed E-state index contributed by atoms with van der Waals surface area (Å²) >= 11 is 1.45. The van der Waals surface area contributed by atoms with Gasteiger partial charge in [0.1, 0.15) is 5.75 Å². The molecule has 0 radical (unpaired) electrons. The van der Waals surface area contributed by atoms with Crippen LogP contribution in [0, 0.1) is 5.92 Å². The molecule has 0 spiro atoms. The largest absolute Gasteiger partial charge is 0.497 e. The summed E-state index contributed by atoms with van der Waals surface area (Å²) in [5, 5.41) is 5.05. The molecule has 2 bridgehead atoms. The van der Waals surface area contributed by atoms with Crippen LogP contribution in [-0.4, -0.2) is 42.5 Å². The molecule has 1 aromatic heterocycles. The van der Waals surface area contributed by atoms with Crippen LogP contribution < -0.4 is 10.1 Å². The van der Waals surface area contributed by atoms with E-state index in [1.54, 1.807) is 7.11 Å². The second kappa shape index (κ2) is 7.72. The molecule has 4 rings (SSSR count). The maximum atomic E-state index is 12.8. The van der Waals surface area contributed by atoms with Gasteiger partial charge in [-0.25, -0.2) is 0 Å². The van der Waals surface area contributed by atoms with E-state index in [2.05, 4.69) is 5.32 Å². The first-order valence-corrected chi connectivity index (χ1v) is 10.3. The number of amides is 2. The second-order valence-electron chi connectivity index (χ2n) is 7.36. The first-order chi connectivity index (χ1) is 13.1. The van der Waals surface area contributed by atoms with Gasteiger partial charge in [0.05, 0.1) is 18.0 Å². The van der Waals surface area contributed by atoms with E-state index < -0.39 is 0 Å². The van der Waals surface area contributed by atoms with Crippen molar-refractivity contribution >= 4 is 23.2 Å². The monoisotopic (exact) mass is 384 g/mol. The summed E-state index contributed by atoms with van der Waals surface area (Å²) < 4.78 is 5.25. The third kappa shape index (κ3) is 3.86. The van der Waals surface area contributed by atoms with E-state index in [1.807, 2.05) is 46.7 Å². The molecule has 2 aliphatic rings. The molecule has 1 aromatic carbocycles. The number of carbonyl (C=O) groups is 2. The van der Waals surface area contributed by atoms with Crippen molar-refractivity contribution in [2.45, 2.75) is 37.8 Å². The number of carbonyl (C=O) groups excluding carboxylic acids is 2. The standard InChI is InChI=1S/C21H24N2O3S/c1-26-16-5-2-4-14(10-16)7-8-20(24)23-13-15-11-17(18(23)12-15)22-21(25)19-6-3-9-27-19/h2-6,9-10,15,17-18H,7-8,11-13H2,1H3,(H,22,25)/t15-,17+,18-/m1/s1. The van der Waals surface area contributed by atoms with Gasteiger partial charge in [0.2, 0.25) is 5.91 Å². The molecule has 2 amide bonds. The molecule has 142 valence electrons. The Morgan fingerprint density at radius 1 is 1.26 bits per heavy atom. The fourth-order valence-corrected chi connectivity index (χ4v) is 4.96. The minimum Gasteiger partial charge on any atom is -0.497 e. The van der Waals surface area contributed by atoms with E-state index >= 15 is 0 Å². The fourth-order valence-electron chi connectivity index (χ4n) is 4.34. The highest BCUT2D eigenvalue weighted by atomic mass is 32.1. The van der Waals surface area contributed by atoms with E-state index in [0.29, 0.717) is 18.8 Å². The first-order valence-electron chi connectivity index (χ1n) is 9.41. The highest BCUT2D eigenvalue weighted by Crippen LogP contribution is 2.38. The molecule has 6 heteroatoms. The Bertz CT molecular complexity index is 821. The number of piperidine rings is 1. The molecule has 1 saturated carbocycles. The summed E-state index contributed by atoms with van der Waals surface area (Å²) in [7, 11) is 1.65. The molecule has 2 fully saturated rings. The number of fused-ring (bicyclic) bond motifs is 2. The first kappa shape index (κ1) is 18.0. The number of likely N-dealkylation sites (tertiary alicyclic amines) is 1. The lowest BCUT2D eigenvalue weighted by Crippen LogP contribution is -2.51. The summed E-state index contributed by atoms with van der Waals surface area (Å²) in [6.07, 6.45) is 3.17. The summed E-state index contributed by atoms with van der Waals surface area (Å²) in [4.78, 5) is 27.9. The van der Waals surface area contributed by atoms with E-state index in [9.17, 15) is 9.59 Å². The van der Waals surface area contributed by atoms with Gasteiger partial charge < -0.3 is 15.0 Å². The Morgan fingerprint density at radius 3 is 2.89 bits per heavy atom. The van der Waals surface area contributed by atoms with Crippen LogP contribution >= 0.6 is 11.3 Å². The van der Waals surface area contributed by atoms with Crippen molar-refractivity contribution < 1.29 is 14.3 Å². The number of nitrogens with zero attached hydrogens (tertiary/aromatic N) is 1. The zero-order valence-electron chi connectivity index (χ0n) is 15.4. The number of nitrogens with one attached hydrogen (secondary N) is 1. The zero-order valence-corrected chi connectivity index (χ0v) is 16.2. The SMILES string of the molecule is COc1cccc(CCC(=O)N2C[C@@H]3C[C@H](NC(=O)c4cccs4)[C@H]2C3)c1. The van der Waals surface area contributed by atoms with Crippen LogP contribution in [0.2, 0.25) is 0 Å². The molecular formula is C21H24N2O3S. The Hall–Kier alpha value is -2.34. The number of hydrogen-bond acceptors (Lipinski definition) is 4. The zero-order chi connectivity index (χ0) is 18.8. The number of aryl methyl sites for hydroxylation is 1. The Balaban J connectivity index is 1.35. The maximum Gasteiger partial charge on any atom is 0.261 e. The highest BCUT2D eigenvalue weighted by molar-refractivity contribution is 7.12. The van der Waals surface area contributed by atoms with E-state index in [-0.39, 0.29) is 23.9 Å². The van der Waals surface area contributed by atoms with Crippen LogP contribution in [0.1, 0.15) is 34.5 Å². The quantitative estimate of drug-likeness (QED) is 0.833. The molecule has 1 aliphatic heterocycles. The van der Waals surface area contributed by atoms with Crippen molar-refractivity contribution in [3.63, 3.8) is 0 Å². The van der Waals surface area contributed by atoms with Gasteiger partial charge in [-0.3, -0.25) is 9.59 Å². The maximum absolute atomic E-state index is 12.8. The Morgan fingerprint density at radius 2 is 2.15 bits per heavy atom. The predicted molar refractivity (Wildman–Crippen MR) is 105 cm³/mol. The summed E-state index contributed by atoms with van der Waals surface area (Å²) in [6, 6.07) is 11.8. The van der Waals surface area contributed by atoms with Crippen molar-refractivity contribution in [1.82, 2.24) is 10.2 Å². The summed E-state index contributed by atoms with van der Waals surface area (Å²) in [6.45, 7) is 0.826. The van der Waals surface area contributed by atoms with E-state index in [1.165, 1.54) is 11.3 Å². The molecule has 3 atom stereocenters. The molecule has 0 unspecified atom stereocenters. The van der Waals surface area contributed by atoms with Crippen LogP contribution in [0.4, 0.5) is 0 Å². The highest BCUT2D eigenvalue weighted by Gasteiger charge is 2.47. The second-order valence-corrected chi connectivity index (χ2v) is 8.31. The van der Waals surface area contributed by atoms with Gasteiger partial charge in [0.15, 0.2) is 0 Å². The fraction of sp³-hybridized carbons (Fsp3) is 0.429. The molecule has 2 aromatic rings. The topological polar surface area (TPSA) is 58.6 Å². The third-order valence-electron chi connectivity index (χ3n) is 5.63. The van der Waals surface area contributed by atoms with E-state index in [0.717, 1.165) is 35.6 Å². The molecule has 5 nitrogen and oxygen atoms in total. The molecule has 27 heavy (non-hydrogen) atoms. The van der Waals surface area contributed by atoms with Crippen molar-refractivity contribution in [1.29, 1.82) is 0 Å². The van der Waals surface area contributed by atoms with Gasteiger partial charge in [0.25, 0.3) is 5.91 Å². The van der Waals surface area contributed by atoms with Crippen molar-refractivity contribution in [3.8, 4) is 5.75 Å². The van der Waals surface area contributed by atoms with Crippen molar-refractivity contribution in [2.75, 3.05) is 13.7 Å². The molecule has 1 N–H and O–H groups in total. The van der Waals surface area contributed by atoms with Crippen LogP contribution in [0.5, 0.6) is 5.75 Å². The average molecular weight is 385 g/mol. The molecule has 1 aliphatic carbocycles. The van der Waals surface area contributed by atoms with Crippen molar-refractivity contribution in [3.05, 3.63) is 52.2 Å².